The van der Waals surface area contributed by atoms with Crippen LogP contribution in [0.25, 0.3) is 10.9 Å². The molecular formula is C22H23BrN2O4S. The monoisotopic (exact) mass is 490 g/mol. The van der Waals surface area contributed by atoms with Gasteiger partial charge in [-0.2, -0.15) is 4.31 Å². The Bertz CT molecular complexity index is 1220. The third kappa shape index (κ3) is 4.37. The van der Waals surface area contributed by atoms with Crippen molar-refractivity contribution >= 4 is 36.9 Å². The van der Waals surface area contributed by atoms with E-state index in [9.17, 15) is 13.2 Å². The predicted octanol–water partition coefficient (Wildman–Crippen LogP) is 3.97. The summed E-state index contributed by atoms with van der Waals surface area (Å²) in [5.41, 5.74) is 1.87. The minimum absolute atomic E-state index is 0.0164. The average molecular weight is 491 g/mol. The number of aromatic amines is 1. The molecule has 2 heterocycles. The van der Waals surface area contributed by atoms with Crippen molar-refractivity contribution in [2.24, 2.45) is 0 Å². The number of rotatable bonds is 6. The quantitative estimate of drug-likeness (QED) is 0.566. The Labute approximate surface area is 184 Å². The van der Waals surface area contributed by atoms with Crippen molar-refractivity contribution in [2.75, 3.05) is 13.2 Å². The number of benzene rings is 2. The van der Waals surface area contributed by atoms with Gasteiger partial charge in [0, 0.05) is 29.7 Å². The van der Waals surface area contributed by atoms with Gasteiger partial charge in [0.15, 0.2) is 0 Å². The van der Waals surface area contributed by atoms with Gasteiger partial charge in [-0.25, -0.2) is 8.42 Å². The molecule has 1 atom stereocenters. The van der Waals surface area contributed by atoms with Crippen LogP contribution in [0.3, 0.4) is 0 Å². The van der Waals surface area contributed by atoms with E-state index in [0.29, 0.717) is 12.2 Å². The number of sulfonamides is 1. The summed E-state index contributed by atoms with van der Waals surface area (Å²) in [6.07, 6.45) is 1.55. The minimum atomic E-state index is -3.80. The Morgan fingerprint density at radius 3 is 2.67 bits per heavy atom. The molecule has 6 nitrogen and oxygen atoms in total. The lowest BCUT2D eigenvalue weighted by atomic mass is 10.1. The second-order valence-corrected chi connectivity index (χ2v) is 10.4. The van der Waals surface area contributed by atoms with Crippen molar-refractivity contribution in [2.45, 2.75) is 37.3 Å². The Hall–Kier alpha value is -2.00. The van der Waals surface area contributed by atoms with Crippen LogP contribution in [0.1, 0.15) is 24.0 Å². The number of nitrogens with zero attached hydrogens (tertiary/aromatic N) is 1. The van der Waals surface area contributed by atoms with Crippen LogP contribution in [-0.2, 0) is 21.3 Å². The first-order valence-corrected chi connectivity index (χ1v) is 12.1. The fourth-order valence-corrected chi connectivity index (χ4v) is 5.47. The van der Waals surface area contributed by atoms with Crippen LogP contribution >= 0.6 is 15.9 Å². The van der Waals surface area contributed by atoms with E-state index in [4.69, 9.17) is 4.74 Å². The summed E-state index contributed by atoms with van der Waals surface area (Å²) < 4.78 is 34.7. The molecule has 1 saturated heterocycles. The Kier molecular flexibility index (Phi) is 6.11. The molecule has 3 aromatic rings. The summed E-state index contributed by atoms with van der Waals surface area (Å²) in [5.74, 6) is 0. The van der Waals surface area contributed by atoms with Gasteiger partial charge in [-0.3, -0.25) is 4.79 Å². The molecular weight excluding hydrogens is 468 g/mol. The Balaban J connectivity index is 1.73. The number of fused-ring (bicyclic) bond motifs is 1. The summed E-state index contributed by atoms with van der Waals surface area (Å²) in [7, 11) is -3.80. The molecule has 2 aromatic carbocycles. The zero-order valence-corrected chi connectivity index (χ0v) is 19.0. The highest BCUT2D eigenvalue weighted by atomic mass is 79.9. The maximum Gasteiger partial charge on any atom is 0.252 e. The molecule has 4 rings (SSSR count). The molecule has 0 radical (unpaired) electrons. The largest absolute Gasteiger partial charge is 0.377 e. The lowest BCUT2D eigenvalue weighted by Gasteiger charge is -2.25. The van der Waals surface area contributed by atoms with Gasteiger partial charge >= 0.3 is 0 Å². The molecule has 158 valence electrons. The molecule has 30 heavy (non-hydrogen) atoms. The first-order valence-electron chi connectivity index (χ1n) is 9.83. The summed E-state index contributed by atoms with van der Waals surface area (Å²) in [5, 5.41) is 0.878. The van der Waals surface area contributed by atoms with E-state index in [1.165, 1.54) is 4.31 Å². The van der Waals surface area contributed by atoms with E-state index in [0.717, 1.165) is 33.8 Å². The second-order valence-electron chi connectivity index (χ2n) is 7.55. The van der Waals surface area contributed by atoms with Gasteiger partial charge in [0.2, 0.25) is 10.0 Å². The number of halogens is 1. The molecule has 1 aliphatic heterocycles. The fraction of sp³-hybridized carbons (Fsp3) is 0.318. The van der Waals surface area contributed by atoms with Crippen LogP contribution in [0.2, 0.25) is 0 Å². The fourth-order valence-electron chi connectivity index (χ4n) is 3.75. The van der Waals surface area contributed by atoms with Crippen LogP contribution in [-0.4, -0.2) is 37.0 Å². The van der Waals surface area contributed by atoms with Gasteiger partial charge in [0.05, 0.1) is 16.5 Å². The summed E-state index contributed by atoms with van der Waals surface area (Å²) in [6.45, 7) is 2.76. The maximum absolute atomic E-state index is 13.4. The molecule has 0 spiro atoms. The molecule has 1 N–H and O–H groups in total. The van der Waals surface area contributed by atoms with E-state index >= 15 is 0 Å². The highest BCUT2D eigenvalue weighted by molar-refractivity contribution is 9.10. The van der Waals surface area contributed by atoms with Gasteiger partial charge in [-0.15, -0.1) is 0 Å². The molecule has 0 aliphatic carbocycles. The standard InChI is InChI=1S/C22H23BrN2O4S/c1-15-4-2-5-16-12-17(22(26)24-21(15)16)13-25(14-19-6-3-11-29-19)30(27,28)20-9-7-18(23)8-10-20/h2,4-5,7-10,12,19H,3,6,11,13-14H2,1H3,(H,24,26). The number of H-pyrrole nitrogens is 1. The highest BCUT2D eigenvalue weighted by Crippen LogP contribution is 2.24. The second kappa shape index (κ2) is 8.63. The molecule has 8 heteroatoms. The van der Waals surface area contributed by atoms with Crippen molar-refractivity contribution in [1.82, 2.24) is 9.29 Å². The lowest BCUT2D eigenvalue weighted by Crippen LogP contribution is -2.38. The maximum atomic E-state index is 13.4. The van der Waals surface area contributed by atoms with Crippen molar-refractivity contribution in [1.29, 1.82) is 0 Å². The van der Waals surface area contributed by atoms with E-state index in [1.54, 1.807) is 30.3 Å². The number of hydrogen-bond acceptors (Lipinski definition) is 4. The topological polar surface area (TPSA) is 79.5 Å². The number of nitrogens with one attached hydrogen (secondary N) is 1. The average Bonchev–Trinajstić information content (AvgIpc) is 3.22. The highest BCUT2D eigenvalue weighted by Gasteiger charge is 2.30. The number of hydrogen-bond donors (Lipinski definition) is 1. The molecule has 0 amide bonds. The summed E-state index contributed by atoms with van der Waals surface area (Å²) in [4.78, 5) is 15.9. The predicted molar refractivity (Wildman–Crippen MR) is 120 cm³/mol. The third-order valence-electron chi connectivity index (χ3n) is 5.39. The Morgan fingerprint density at radius 1 is 1.20 bits per heavy atom. The van der Waals surface area contributed by atoms with E-state index in [1.807, 2.05) is 25.1 Å². The zero-order chi connectivity index (χ0) is 21.3. The smallest absolute Gasteiger partial charge is 0.252 e. The molecule has 1 aliphatic rings. The first-order chi connectivity index (χ1) is 14.3. The molecule has 0 bridgehead atoms. The lowest BCUT2D eigenvalue weighted by molar-refractivity contribution is 0.0925. The Morgan fingerprint density at radius 2 is 1.97 bits per heavy atom. The van der Waals surface area contributed by atoms with Crippen molar-refractivity contribution in [3.63, 3.8) is 0 Å². The summed E-state index contributed by atoms with van der Waals surface area (Å²) >= 11 is 3.34. The summed E-state index contributed by atoms with van der Waals surface area (Å²) in [6, 6.07) is 14.1. The van der Waals surface area contributed by atoms with E-state index < -0.39 is 10.0 Å². The van der Waals surface area contributed by atoms with Crippen LogP contribution < -0.4 is 5.56 Å². The van der Waals surface area contributed by atoms with Crippen LogP contribution in [0.4, 0.5) is 0 Å². The zero-order valence-electron chi connectivity index (χ0n) is 16.6. The number of pyridine rings is 1. The van der Waals surface area contributed by atoms with Gasteiger partial charge in [0.1, 0.15) is 0 Å². The third-order valence-corrected chi connectivity index (χ3v) is 7.75. The van der Waals surface area contributed by atoms with Gasteiger partial charge < -0.3 is 9.72 Å². The van der Waals surface area contributed by atoms with E-state index in [-0.39, 0.29) is 29.6 Å². The van der Waals surface area contributed by atoms with Crippen molar-refractivity contribution < 1.29 is 13.2 Å². The minimum Gasteiger partial charge on any atom is -0.377 e. The van der Waals surface area contributed by atoms with E-state index in [2.05, 4.69) is 20.9 Å². The molecule has 1 fully saturated rings. The number of ether oxygens (including phenoxy) is 1. The van der Waals surface area contributed by atoms with Gasteiger partial charge in [0.25, 0.3) is 5.56 Å². The van der Waals surface area contributed by atoms with Crippen molar-refractivity contribution in [3.8, 4) is 0 Å². The van der Waals surface area contributed by atoms with Crippen LogP contribution in [0, 0.1) is 6.92 Å². The first kappa shape index (κ1) is 21.2. The number of para-hydroxylation sites is 1. The normalized spacial score (nSPS) is 17.1. The molecule has 1 unspecified atom stereocenters. The number of aryl methyl sites for hydroxylation is 1. The van der Waals surface area contributed by atoms with Gasteiger partial charge in [-0.1, -0.05) is 34.1 Å². The molecule has 0 saturated carbocycles. The van der Waals surface area contributed by atoms with Crippen LogP contribution in [0.15, 0.2) is 62.7 Å². The SMILES string of the molecule is Cc1cccc2cc(CN(CC3CCCO3)S(=O)(=O)c3ccc(Br)cc3)c(=O)[nH]c12. The molecule has 1 aromatic heterocycles. The van der Waals surface area contributed by atoms with Crippen LogP contribution in [0.5, 0.6) is 0 Å². The van der Waals surface area contributed by atoms with Crippen molar-refractivity contribution in [3.05, 3.63) is 74.5 Å². The van der Waals surface area contributed by atoms with Gasteiger partial charge in [-0.05, 0) is 61.0 Å². The number of aromatic nitrogens is 1.